The summed E-state index contributed by atoms with van der Waals surface area (Å²) in [6, 6.07) is 2.40. The fourth-order valence-corrected chi connectivity index (χ4v) is 2.36. The number of aryl methyl sites for hydroxylation is 1. The van der Waals surface area contributed by atoms with E-state index >= 15 is 0 Å². The number of rotatable bonds is 2. The van der Waals surface area contributed by atoms with Crippen molar-refractivity contribution in [3.05, 3.63) is 29.1 Å². The first-order valence-corrected chi connectivity index (χ1v) is 6.68. The highest BCUT2D eigenvalue weighted by atomic mass is 14.9. The van der Waals surface area contributed by atoms with E-state index in [9.17, 15) is 0 Å². The molecule has 0 saturated carbocycles. The van der Waals surface area contributed by atoms with E-state index in [-0.39, 0.29) is 5.41 Å². The van der Waals surface area contributed by atoms with Gasteiger partial charge in [-0.15, -0.1) is 0 Å². The smallest absolute Gasteiger partial charge is 0.183 e. The van der Waals surface area contributed by atoms with Crippen molar-refractivity contribution in [3.8, 4) is 0 Å². The molecule has 0 fully saturated rings. The first-order valence-electron chi connectivity index (χ1n) is 6.68. The van der Waals surface area contributed by atoms with E-state index in [1.165, 1.54) is 16.8 Å². The molecule has 0 N–H and O–H groups in total. The third kappa shape index (κ3) is 3.08. The van der Waals surface area contributed by atoms with Crippen LogP contribution in [0.4, 0.5) is 0 Å². The quantitative estimate of drug-likeness (QED) is 0.680. The second-order valence-corrected chi connectivity index (χ2v) is 6.74. The van der Waals surface area contributed by atoms with Crippen LogP contribution in [0.15, 0.2) is 12.3 Å². The normalized spacial score (nSPS) is 12.6. The molecule has 0 bridgehead atoms. The van der Waals surface area contributed by atoms with Crippen molar-refractivity contribution in [2.24, 2.45) is 7.05 Å². The van der Waals surface area contributed by atoms with Crippen LogP contribution < -0.4 is 4.57 Å². The highest BCUT2D eigenvalue weighted by Gasteiger charge is 2.25. The van der Waals surface area contributed by atoms with Crippen LogP contribution in [0, 0.1) is 0 Å². The van der Waals surface area contributed by atoms with Gasteiger partial charge in [0.25, 0.3) is 0 Å². The molecule has 1 aromatic heterocycles. The molecule has 0 radical (unpaired) electrons. The molecule has 96 valence electrons. The first kappa shape index (κ1) is 14.2. The topological polar surface area (TPSA) is 3.88 Å². The number of aromatic nitrogens is 1. The third-order valence-electron chi connectivity index (χ3n) is 3.37. The Morgan fingerprint density at radius 2 is 1.53 bits per heavy atom. The van der Waals surface area contributed by atoms with Crippen molar-refractivity contribution in [1.29, 1.82) is 0 Å². The number of hydrogen-bond acceptors (Lipinski definition) is 0. The third-order valence-corrected chi connectivity index (χ3v) is 3.37. The molecule has 1 heterocycles. The Kier molecular flexibility index (Phi) is 4.01. The van der Waals surface area contributed by atoms with Gasteiger partial charge in [0.05, 0.1) is 0 Å². The minimum atomic E-state index is 0.215. The van der Waals surface area contributed by atoms with Crippen molar-refractivity contribution in [2.75, 3.05) is 0 Å². The van der Waals surface area contributed by atoms with Gasteiger partial charge in [-0.05, 0) is 16.9 Å². The maximum atomic E-state index is 2.40. The Morgan fingerprint density at radius 3 is 1.88 bits per heavy atom. The lowest BCUT2D eigenvalue weighted by Crippen LogP contribution is -2.37. The largest absolute Gasteiger partial charge is 0.205 e. The monoisotopic (exact) mass is 234 g/mol. The molecule has 0 aliphatic heterocycles. The minimum absolute atomic E-state index is 0.215. The zero-order valence-corrected chi connectivity index (χ0v) is 12.8. The lowest BCUT2D eigenvalue weighted by Gasteiger charge is -2.24. The standard InChI is InChI=1S/C16H28N/c1-11(2)13-9-15(12(3)4)17(8)10-14(13)16(5,6)7/h9-12H,1-8H3/q+1. The van der Waals surface area contributed by atoms with Crippen molar-refractivity contribution in [2.45, 2.75) is 65.7 Å². The molecule has 0 atom stereocenters. The summed E-state index contributed by atoms with van der Waals surface area (Å²) in [5, 5.41) is 0. The number of pyridine rings is 1. The van der Waals surface area contributed by atoms with Gasteiger partial charge in [0, 0.05) is 17.5 Å². The molecule has 0 amide bonds. The Hall–Kier alpha value is -0.850. The predicted molar refractivity (Wildman–Crippen MR) is 74.5 cm³/mol. The van der Waals surface area contributed by atoms with E-state index in [2.05, 4.69) is 72.3 Å². The molecule has 1 nitrogen and oxygen atoms in total. The highest BCUT2D eigenvalue weighted by Crippen LogP contribution is 2.30. The summed E-state index contributed by atoms with van der Waals surface area (Å²) >= 11 is 0. The summed E-state index contributed by atoms with van der Waals surface area (Å²) in [4.78, 5) is 0. The summed E-state index contributed by atoms with van der Waals surface area (Å²) in [5.74, 6) is 1.16. The highest BCUT2D eigenvalue weighted by molar-refractivity contribution is 5.32. The van der Waals surface area contributed by atoms with Crippen LogP contribution in [-0.2, 0) is 12.5 Å². The van der Waals surface area contributed by atoms with Crippen LogP contribution >= 0.6 is 0 Å². The van der Waals surface area contributed by atoms with E-state index in [4.69, 9.17) is 0 Å². The molecular weight excluding hydrogens is 206 g/mol. The average molecular weight is 234 g/mol. The Labute approximate surface area is 107 Å². The Balaban J connectivity index is 3.47. The van der Waals surface area contributed by atoms with E-state index in [0.29, 0.717) is 11.8 Å². The van der Waals surface area contributed by atoms with E-state index < -0.39 is 0 Å². The zero-order chi connectivity index (χ0) is 13.4. The second-order valence-electron chi connectivity index (χ2n) is 6.74. The van der Waals surface area contributed by atoms with Crippen LogP contribution in [0.25, 0.3) is 0 Å². The lowest BCUT2D eigenvalue weighted by atomic mass is 9.81. The fourth-order valence-electron chi connectivity index (χ4n) is 2.36. The van der Waals surface area contributed by atoms with Gasteiger partial charge in [-0.25, -0.2) is 4.57 Å². The van der Waals surface area contributed by atoms with Gasteiger partial charge >= 0.3 is 0 Å². The van der Waals surface area contributed by atoms with Crippen LogP contribution in [0.5, 0.6) is 0 Å². The molecule has 1 heteroatoms. The molecule has 1 aromatic rings. The summed E-state index contributed by atoms with van der Waals surface area (Å²) in [7, 11) is 2.16. The van der Waals surface area contributed by atoms with E-state index in [1.807, 2.05) is 0 Å². The van der Waals surface area contributed by atoms with Gasteiger partial charge in [0.1, 0.15) is 7.05 Å². The van der Waals surface area contributed by atoms with Gasteiger partial charge in [0.2, 0.25) is 0 Å². The van der Waals surface area contributed by atoms with Crippen molar-refractivity contribution >= 4 is 0 Å². The Bertz CT molecular complexity index is 395. The molecule has 0 unspecified atom stereocenters. The second kappa shape index (κ2) is 4.80. The molecule has 0 aliphatic carbocycles. The van der Waals surface area contributed by atoms with Gasteiger partial charge in [0.15, 0.2) is 11.9 Å². The summed E-state index contributed by atoms with van der Waals surface area (Å²) < 4.78 is 2.29. The van der Waals surface area contributed by atoms with Crippen LogP contribution in [0.2, 0.25) is 0 Å². The van der Waals surface area contributed by atoms with Gasteiger partial charge < -0.3 is 0 Å². The molecule has 17 heavy (non-hydrogen) atoms. The van der Waals surface area contributed by atoms with Gasteiger partial charge in [-0.1, -0.05) is 48.5 Å². The maximum Gasteiger partial charge on any atom is 0.183 e. The molecule has 0 saturated heterocycles. The van der Waals surface area contributed by atoms with Crippen LogP contribution in [0.3, 0.4) is 0 Å². The van der Waals surface area contributed by atoms with Crippen LogP contribution in [0.1, 0.15) is 77.1 Å². The first-order chi connectivity index (χ1) is 7.64. The zero-order valence-electron chi connectivity index (χ0n) is 12.8. The van der Waals surface area contributed by atoms with Crippen molar-refractivity contribution in [3.63, 3.8) is 0 Å². The molecule has 1 rings (SSSR count). The van der Waals surface area contributed by atoms with Crippen LogP contribution in [-0.4, -0.2) is 0 Å². The molecule has 0 aromatic carbocycles. The van der Waals surface area contributed by atoms with Gasteiger partial charge in [-0.3, -0.25) is 0 Å². The number of nitrogens with zero attached hydrogens (tertiary/aromatic N) is 1. The Morgan fingerprint density at radius 1 is 1.00 bits per heavy atom. The summed E-state index contributed by atoms with van der Waals surface area (Å²) in [6.07, 6.45) is 2.32. The maximum absolute atomic E-state index is 2.40. The molecule has 0 spiro atoms. The molecule has 0 aliphatic rings. The predicted octanol–water partition coefficient (Wildman–Crippen LogP) is 4.06. The van der Waals surface area contributed by atoms with E-state index in [1.54, 1.807) is 0 Å². The lowest BCUT2D eigenvalue weighted by molar-refractivity contribution is -0.680. The summed E-state index contributed by atoms with van der Waals surface area (Å²) in [5.41, 5.74) is 4.60. The van der Waals surface area contributed by atoms with E-state index in [0.717, 1.165) is 0 Å². The minimum Gasteiger partial charge on any atom is -0.205 e. The van der Waals surface area contributed by atoms with Gasteiger partial charge in [-0.2, -0.15) is 0 Å². The SMILES string of the molecule is CC(C)c1cc(C(C)C)[n+](C)cc1C(C)(C)C. The number of hydrogen-bond donors (Lipinski definition) is 0. The van der Waals surface area contributed by atoms with Crippen molar-refractivity contribution < 1.29 is 4.57 Å². The van der Waals surface area contributed by atoms with Crippen molar-refractivity contribution in [1.82, 2.24) is 0 Å². The average Bonchev–Trinajstić information content (AvgIpc) is 2.14. The molecular formula is C16H28N+. The summed E-state index contributed by atoms with van der Waals surface area (Å²) in [6.45, 7) is 16.0. The fraction of sp³-hybridized carbons (Fsp3) is 0.688.